The first-order chi connectivity index (χ1) is 12.5. The van der Waals surface area contributed by atoms with E-state index in [2.05, 4.69) is 13.8 Å². The highest BCUT2D eigenvalue weighted by Gasteiger charge is 2.45. The van der Waals surface area contributed by atoms with Crippen LogP contribution in [0.15, 0.2) is 60.7 Å². The minimum atomic E-state index is -1.79. The van der Waals surface area contributed by atoms with E-state index in [0.29, 0.717) is 11.1 Å². The van der Waals surface area contributed by atoms with Gasteiger partial charge < -0.3 is 31.3 Å². The maximum atomic E-state index is 13.1. The zero-order valence-corrected chi connectivity index (χ0v) is 17.6. The minimum absolute atomic E-state index is 0. The van der Waals surface area contributed by atoms with Gasteiger partial charge in [0.2, 0.25) is 5.60 Å². The number of likely N-dealkylation sites (tertiary alicyclic amines) is 1. The largest absolute Gasteiger partial charge is 1.00 e. The Labute approximate surface area is 172 Å². The van der Waals surface area contributed by atoms with Crippen molar-refractivity contribution in [3.63, 3.8) is 0 Å². The number of hydrogen-bond acceptors (Lipinski definition) is 3. The number of nitrogens with zero attached hydrogens (tertiary/aromatic N) is 1. The second-order valence-corrected chi connectivity index (χ2v) is 7.14. The third kappa shape index (κ3) is 4.26. The molecule has 0 radical (unpaired) electrons. The van der Waals surface area contributed by atoms with Gasteiger partial charge in [-0.05, 0) is 25.0 Å². The van der Waals surface area contributed by atoms with E-state index in [1.807, 2.05) is 36.4 Å². The smallest absolute Gasteiger partial charge is 0.348 e. The van der Waals surface area contributed by atoms with Crippen LogP contribution in [0.1, 0.15) is 31.4 Å². The number of benzene rings is 2. The third-order valence-electron chi connectivity index (χ3n) is 5.81. The molecule has 1 atom stereocenters. The lowest BCUT2D eigenvalue weighted by atomic mass is 9.86. The molecule has 2 aromatic rings. The van der Waals surface area contributed by atoms with E-state index >= 15 is 0 Å². The van der Waals surface area contributed by atoms with Gasteiger partial charge in [-0.3, -0.25) is 0 Å². The number of ether oxygens (including phenoxy) is 1. The van der Waals surface area contributed by atoms with Crippen LogP contribution in [0, 0.1) is 0 Å². The molecule has 0 spiro atoms. The van der Waals surface area contributed by atoms with Crippen LogP contribution in [0.4, 0.5) is 0 Å². The Hall–Kier alpha value is -1.69. The Morgan fingerprint density at radius 1 is 1.04 bits per heavy atom. The van der Waals surface area contributed by atoms with Crippen molar-refractivity contribution in [1.29, 1.82) is 0 Å². The fraction of sp³-hybridized carbons (Fsp3) is 0.409. The van der Waals surface area contributed by atoms with Crippen molar-refractivity contribution in [2.45, 2.75) is 32.0 Å². The predicted octanol–water partition coefficient (Wildman–Crippen LogP) is 0.0986. The van der Waals surface area contributed by atoms with Crippen LogP contribution in [-0.4, -0.2) is 47.8 Å². The lowest BCUT2D eigenvalue weighted by Crippen LogP contribution is -3.00. The summed E-state index contributed by atoms with van der Waals surface area (Å²) in [5, 5.41) is 11.4. The number of likely N-dealkylation sites (N-methyl/N-ethyl adjacent to an activating group) is 1. The van der Waals surface area contributed by atoms with E-state index in [9.17, 15) is 9.90 Å². The van der Waals surface area contributed by atoms with Crippen LogP contribution in [0.5, 0.6) is 0 Å². The lowest BCUT2D eigenvalue weighted by Gasteiger charge is -2.32. The summed E-state index contributed by atoms with van der Waals surface area (Å²) in [6, 6.07) is 18.1. The van der Waals surface area contributed by atoms with E-state index in [1.54, 1.807) is 24.3 Å². The standard InChI is InChI=1S/C22H28NO3.BrH/c1-3-23(4-2)16-15-20(17-23)26-21(24)22(25,18-11-7-5-8-12-18)19-13-9-6-10-14-19;/h5-14,20,25H,3-4,15-17H2,1-2H3;1H/q+1;/p-1/t20-;/m0./s1. The van der Waals surface area contributed by atoms with Crippen LogP contribution >= 0.6 is 0 Å². The van der Waals surface area contributed by atoms with Crippen LogP contribution in [0.25, 0.3) is 0 Å². The summed E-state index contributed by atoms with van der Waals surface area (Å²) in [6.07, 6.45) is 0.689. The van der Waals surface area contributed by atoms with Crippen LogP contribution in [-0.2, 0) is 15.1 Å². The number of quaternary nitrogens is 1. The van der Waals surface area contributed by atoms with Gasteiger partial charge in [-0.25, -0.2) is 4.79 Å². The van der Waals surface area contributed by atoms with Crippen LogP contribution in [0.2, 0.25) is 0 Å². The molecule has 1 fully saturated rings. The van der Waals surface area contributed by atoms with Crippen molar-refractivity contribution in [3.8, 4) is 0 Å². The third-order valence-corrected chi connectivity index (χ3v) is 5.81. The van der Waals surface area contributed by atoms with Gasteiger partial charge in [-0.2, -0.15) is 0 Å². The van der Waals surface area contributed by atoms with Crippen molar-refractivity contribution in [1.82, 2.24) is 0 Å². The van der Waals surface area contributed by atoms with Gasteiger partial charge in [-0.1, -0.05) is 60.7 Å². The van der Waals surface area contributed by atoms with Gasteiger partial charge in [0.15, 0.2) is 6.10 Å². The highest BCUT2D eigenvalue weighted by Crippen LogP contribution is 2.32. The van der Waals surface area contributed by atoms with E-state index in [0.717, 1.165) is 37.1 Å². The Bertz CT molecular complexity index is 692. The van der Waals surface area contributed by atoms with Crippen molar-refractivity contribution in [2.24, 2.45) is 0 Å². The zero-order chi connectivity index (χ0) is 18.6. The maximum Gasteiger partial charge on any atom is 0.348 e. The van der Waals surface area contributed by atoms with Crippen molar-refractivity contribution in [3.05, 3.63) is 71.8 Å². The molecule has 0 aliphatic carbocycles. The first-order valence-electron chi connectivity index (χ1n) is 9.43. The minimum Gasteiger partial charge on any atom is -1.00 e. The number of carbonyl (C=O) groups is 1. The molecule has 1 saturated heterocycles. The molecule has 1 aliphatic heterocycles. The molecule has 1 aliphatic rings. The molecule has 1 heterocycles. The average molecular weight is 434 g/mol. The quantitative estimate of drug-likeness (QED) is 0.519. The summed E-state index contributed by atoms with van der Waals surface area (Å²) in [5.41, 5.74) is -0.735. The summed E-state index contributed by atoms with van der Waals surface area (Å²) >= 11 is 0. The second kappa shape index (κ2) is 9.00. The summed E-state index contributed by atoms with van der Waals surface area (Å²) in [5.74, 6) is -0.591. The lowest BCUT2D eigenvalue weighted by molar-refractivity contribution is -0.914. The molecule has 0 unspecified atom stereocenters. The molecule has 1 N–H and O–H groups in total. The molecule has 2 aromatic carbocycles. The number of hydrogen-bond donors (Lipinski definition) is 1. The summed E-state index contributed by atoms with van der Waals surface area (Å²) < 4.78 is 6.81. The van der Waals surface area contributed by atoms with Crippen molar-refractivity contribution >= 4 is 5.97 Å². The summed E-state index contributed by atoms with van der Waals surface area (Å²) in [4.78, 5) is 13.1. The Kier molecular flexibility index (Phi) is 7.20. The molecule has 27 heavy (non-hydrogen) atoms. The Morgan fingerprint density at radius 2 is 1.52 bits per heavy atom. The molecular weight excluding hydrogens is 406 g/mol. The van der Waals surface area contributed by atoms with Gasteiger partial charge in [0.1, 0.15) is 6.54 Å². The fourth-order valence-corrected chi connectivity index (χ4v) is 3.92. The van der Waals surface area contributed by atoms with Gasteiger partial charge >= 0.3 is 5.97 Å². The van der Waals surface area contributed by atoms with Crippen molar-refractivity contribution < 1.29 is 36.1 Å². The number of rotatable bonds is 6. The van der Waals surface area contributed by atoms with E-state index in [4.69, 9.17) is 4.74 Å². The molecule has 146 valence electrons. The van der Waals surface area contributed by atoms with Crippen LogP contribution in [0.3, 0.4) is 0 Å². The highest BCUT2D eigenvalue weighted by atomic mass is 79.9. The van der Waals surface area contributed by atoms with Crippen LogP contribution < -0.4 is 17.0 Å². The van der Waals surface area contributed by atoms with E-state index < -0.39 is 11.6 Å². The van der Waals surface area contributed by atoms with Gasteiger partial charge in [0.25, 0.3) is 0 Å². The van der Waals surface area contributed by atoms with Crippen molar-refractivity contribution in [2.75, 3.05) is 26.2 Å². The maximum absolute atomic E-state index is 13.1. The molecular formula is C22H28BrNO3. The zero-order valence-electron chi connectivity index (χ0n) is 16.0. The van der Waals surface area contributed by atoms with Gasteiger partial charge in [0, 0.05) is 6.42 Å². The topological polar surface area (TPSA) is 46.5 Å². The summed E-state index contributed by atoms with van der Waals surface area (Å²) in [6.45, 7) is 8.26. The highest BCUT2D eigenvalue weighted by molar-refractivity contribution is 5.85. The predicted molar refractivity (Wildman–Crippen MR) is 101 cm³/mol. The van der Waals surface area contributed by atoms with E-state index in [-0.39, 0.29) is 23.1 Å². The van der Waals surface area contributed by atoms with E-state index in [1.165, 1.54) is 0 Å². The molecule has 4 nitrogen and oxygen atoms in total. The first-order valence-corrected chi connectivity index (χ1v) is 9.43. The number of halogens is 1. The SMILES string of the molecule is CC[N+]1(CC)CC[C@H](OC(=O)C(O)(c2ccccc2)c2ccccc2)C1.[Br-]. The Balaban J connectivity index is 0.00000261. The fourth-order valence-electron chi connectivity index (χ4n) is 3.92. The molecule has 0 bridgehead atoms. The number of carbonyl (C=O) groups excluding carboxylic acids is 1. The second-order valence-electron chi connectivity index (χ2n) is 7.14. The van der Waals surface area contributed by atoms with Gasteiger partial charge in [-0.15, -0.1) is 0 Å². The molecule has 5 heteroatoms. The number of esters is 1. The normalized spacial score (nSPS) is 18.6. The number of aliphatic hydroxyl groups is 1. The summed E-state index contributed by atoms with van der Waals surface area (Å²) in [7, 11) is 0. The molecule has 3 rings (SSSR count). The molecule has 0 saturated carbocycles. The molecule has 0 amide bonds. The first kappa shape index (κ1) is 21.6. The van der Waals surface area contributed by atoms with Gasteiger partial charge in [0.05, 0.1) is 19.6 Å². The average Bonchev–Trinajstić information content (AvgIpc) is 3.12. The monoisotopic (exact) mass is 433 g/mol. The Morgan fingerprint density at radius 3 is 1.93 bits per heavy atom. The molecule has 0 aromatic heterocycles.